The minimum Gasteiger partial charge on any atom is -0.481 e. The highest BCUT2D eigenvalue weighted by molar-refractivity contribution is 7.24. The van der Waals surface area contributed by atoms with Crippen LogP contribution in [0.3, 0.4) is 0 Å². The molecule has 0 unspecified atom stereocenters. The van der Waals surface area contributed by atoms with Gasteiger partial charge in [0.15, 0.2) is 0 Å². The molecule has 0 spiro atoms. The van der Waals surface area contributed by atoms with Crippen molar-refractivity contribution in [2.45, 2.75) is 140 Å². The monoisotopic (exact) mass is 1790 g/mol. The van der Waals surface area contributed by atoms with Crippen LogP contribution in [0.4, 0.5) is 0 Å². The largest absolute Gasteiger partial charge is 0.481 e. The van der Waals surface area contributed by atoms with Gasteiger partial charge in [0.05, 0.1) is 49.9 Å². The molecule has 19 nitrogen and oxygen atoms in total. The quantitative estimate of drug-likeness (QED) is 0.0165. The Bertz CT molecular complexity index is 5690. The zero-order valence-corrected chi connectivity index (χ0v) is 75.3. The molecular weight excluding hydrogens is 1700 g/mol. The van der Waals surface area contributed by atoms with Crippen LogP contribution >= 0.6 is 137 Å². The van der Waals surface area contributed by atoms with Crippen molar-refractivity contribution in [3.05, 3.63) is 190 Å². The summed E-state index contributed by atoms with van der Waals surface area (Å²) in [6.45, 7) is 25.0. The number of rotatable bonds is 34. The zero-order chi connectivity index (χ0) is 83.1. The van der Waals surface area contributed by atoms with E-state index in [2.05, 4.69) is 163 Å². The molecule has 0 saturated carbocycles. The maximum absolute atomic E-state index is 10.9. The molecule has 0 aliphatic heterocycles. The topological polar surface area (TPSA) is 295 Å². The average Bonchev–Trinajstić information content (AvgIpc) is 1.59. The number of carbonyl (C=O) groups excluding carboxylic acids is 4. The van der Waals surface area contributed by atoms with Crippen LogP contribution in [0.1, 0.15) is 113 Å². The second-order valence-electron chi connectivity index (χ2n) is 26.7. The van der Waals surface area contributed by atoms with Gasteiger partial charge in [-0.3, -0.25) is 33.6 Å². The highest BCUT2D eigenvalue weighted by Crippen LogP contribution is 2.46. The summed E-state index contributed by atoms with van der Waals surface area (Å²) >= 11 is 19.9. The molecule has 14 rings (SSSR count). The second kappa shape index (κ2) is 43.7. The van der Waals surface area contributed by atoms with Crippen molar-refractivity contribution >= 4 is 203 Å². The van der Waals surface area contributed by atoms with Crippen molar-refractivity contribution in [1.82, 2.24) is 17.5 Å². The number of ether oxygens (including phenoxy) is 4. The standard InChI is InChI=1S/C22H20N2O4S3.C19H16N2O2S3.2C16H18O4S2.C12H15NS2/c1-12-14(3-6-20(26)27)9-18(29-12)16-4-5-17(22-21(16)23-31-24-22)19-10-15(13(2)30-19)7-8-28-11-25;1-11-3-6-16(24-11)14-4-5-15(19-18(14)20-26-21-19)17-9-13(12(2)25-17)7-8-23-10-22;1-10-12(3-4-16(18)19)7-14(21-10)15-8-13(11(2)22-15)5-6-20-9-17;1-10-7-12(3-4-14(18)19)15(21-10)16-13(5-6-20-9-17)8-11(2)22-16;1-8-3-4-11(14-8)12-10(5-6-13)7-9(2)15-12/h4-5,9-11H,3,6-8H2,1-2H3,(H,26,27);3-6,9-10H,7-8H2,1-2H3;2*7-9H,3-6H2,1-2H3,(H,18,19);3-4,7H,5-6,13H2,1-2H3. The van der Waals surface area contributed by atoms with E-state index in [-0.39, 0.29) is 19.3 Å². The summed E-state index contributed by atoms with van der Waals surface area (Å²) in [4.78, 5) is 98.2. The molecule has 0 bridgehead atoms. The summed E-state index contributed by atoms with van der Waals surface area (Å²) in [5.74, 6) is -2.33. The molecule has 0 aliphatic carbocycles. The Hall–Kier alpha value is -8.67. The van der Waals surface area contributed by atoms with E-state index in [1.807, 2.05) is 43.4 Å². The van der Waals surface area contributed by atoms with Gasteiger partial charge >= 0.3 is 17.9 Å². The van der Waals surface area contributed by atoms with Crippen molar-refractivity contribution in [2.75, 3.05) is 33.0 Å². The summed E-state index contributed by atoms with van der Waals surface area (Å²) in [5, 5.41) is 26.7. The van der Waals surface area contributed by atoms with E-state index in [0.29, 0.717) is 84.4 Å². The van der Waals surface area contributed by atoms with E-state index in [9.17, 15) is 33.6 Å². The lowest BCUT2D eigenvalue weighted by Crippen LogP contribution is -2.02. The average molecular weight is 1790 g/mol. The number of aryl methyl sites for hydroxylation is 13. The van der Waals surface area contributed by atoms with Crippen molar-refractivity contribution in [3.63, 3.8) is 0 Å². The van der Waals surface area contributed by atoms with Crippen LogP contribution in [0, 0.1) is 69.2 Å². The van der Waals surface area contributed by atoms with Crippen LogP contribution in [0.2, 0.25) is 0 Å². The third-order valence-corrected chi connectivity index (χ3v) is 30.9. The molecule has 0 amide bonds. The highest BCUT2D eigenvalue weighted by Gasteiger charge is 2.23. The van der Waals surface area contributed by atoms with Crippen molar-refractivity contribution in [3.8, 4) is 71.0 Å². The molecule has 0 fully saturated rings. The highest BCUT2D eigenvalue weighted by atomic mass is 32.1. The van der Waals surface area contributed by atoms with E-state index in [1.54, 1.807) is 90.7 Å². The number of carboxylic acid groups (broad SMARTS) is 3. The Kier molecular flexibility index (Phi) is 33.8. The molecule has 0 saturated heterocycles. The summed E-state index contributed by atoms with van der Waals surface area (Å²) < 4.78 is 37.5. The minimum absolute atomic E-state index is 0.127. The Morgan fingerprint density at radius 2 is 0.586 bits per heavy atom. The van der Waals surface area contributed by atoms with Crippen molar-refractivity contribution in [2.24, 2.45) is 5.73 Å². The summed E-state index contributed by atoms with van der Waals surface area (Å²) in [7, 11) is 0. The van der Waals surface area contributed by atoms with Crippen LogP contribution in [0.25, 0.3) is 93.1 Å². The third-order valence-electron chi connectivity index (χ3n) is 18.4. The molecule has 31 heteroatoms. The van der Waals surface area contributed by atoms with Crippen LogP contribution in [-0.4, -0.2) is 110 Å². The van der Waals surface area contributed by atoms with Gasteiger partial charge in [-0.1, -0.05) is 24.3 Å². The maximum atomic E-state index is 10.9. The number of carbonyl (C=O) groups is 7. The lowest BCUT2D eigenvalue weighted by atomic mass is 10.0. The molecule has 0 radical (unpaired) electrons. The summed E-state index contributed by atoms with van der Waals surface area (Å²) in [6.07, 6.45) is 5.85. The molecule has 12 aromatic heterocycles. The Morgan fingerprint density at radius 1 is 0.310 bits per heavy atom. The number of hydrogen-bond acceptors (Lipinski definition) is 28. The van der Waals surface area contributed by atoms with Gasteiger partial charge in [0.1, 0.15) is 22.1 Å². The fraction of sp³-hybridized carbons (Fsp3) is 0.306. The van der Waals surface area contributed by atoms with Gasteiger partial charge < -0.3 is 40.0 Å². The third kappa shape index (κ3) is 24.3. The number of hydrogen-bond donors (Lipinski definition) is 4. The SMILES string of the molecule is Cc1cc(CCOC=O)c(-c2sc(C)cc2CCC(=O)O)s1.Cc1ccc(-c2ccc(-c3cc(CCOC=O)c(C)s3)c3nsnc23)s1.Cc1ccc(-c2sc(C)cc2CCN)s1.Cc1sc(-c2cc(CCC(=O)O)c(C)s2)cc1CCOC=O.Cc1sc(-c2ccc(-c3cc(CCC(=O)O)c(C)s3)c3nsnc23)cc1CCOC=O. The number of aliphatic carboxylic acids is 3. The number of fused-ring (bicyclic) bond motifs is 2. The van der Waals surface area contributed by atoms with Crippen LogP contribution in [0.5, 0.6) is 0 Å². The fourth-order valence-electron chi connectivity index (χ4n) is 12.7. The number of aromatic nitrogens is 4. The van der Waals surface area contributed by atoms with Gasteiger partial charge in [0.2, 0.25) is 0 Å². The molecule has 608 valence electrons. The smallest absolute Gasteiger partial charge is 0.303 e. The summed E-state index contributed by atoms with van der Waals surface area (Å²) in [6, 6.07) is 34.2. The first-order valence-corrected chi connectivity index (χ1v) is 46.5. The van der Waals surface area contributed by atoms with Crippen LogP contribution < -0.4 is 5.73 Å². The van der Waals surface area contributed by atoms with Gasteiger partial charge in [-0.15, -0.1) is 113 Å². The van der Waals surface area contributed by atoms with E-state index in [1.165, 1.54) is 124 Å². The van der Waals surface area contributed by atoms with Gasteiger partial charge in [-0.25, -0.2) is 0 Å². The Balaban J connectivity index is 0.000000156. The molecular formula is C85H87N5O14S12. The number of carboxylic acids is 3. The van der Waals surface area contributed by atoms with Gasteiger partial charge in [0, 0.05) is 165 Å². The molecule has 14 aromatic rings. The molecule has 116 heavy (non-hydrogen) atoms. The Morgan fingerprint density at radius 3 is 0.905 bits per heavy atom. The fourth-order valence-corrected chi connectivity index (χ4v) is 24.7. The number of nitrogens with two attached hydrogens (primary N) is 1. The van der Waals surface area contributed by atoms with Crippen molar-refractivity contribution < 1.29 is 67.8 Å². The van der Waals surface area contributed by atoms with Gasteiger partial charge in [-0.2, -0.15) is 17.5 Å². The number of benzene rings is 2. The first kappa shape index (κ1) is 89.7. The number of thiophene rings is 10. The molecule has 5 N–H and O–H groups in total. The molecule has 2 aromatic carbocycles. The van der Waals surface area contributed by atoms with Crippen LogP contribution in [-0.2, 0) is 104 Å². The van der Waals surface area contributed by atoms with Crippen LogP contribution in [0.15, 0.2) is 97.1 Å². The first-order valence-electron chi connectivity index (χ1n) is 36.8. The molecule has 0 aliphatic rings. The predicted octanol–water partition coefficient (Wildman–Crippen LogP) is 22.2. The van der Waals surface area contributed by atoms with E-state index in [0.717, 1.165) is 112 Å². The first-order chi connectivity index (χ1) is 55.9. The van der Waals surface area contributed by atoms with E-state index >= 15 is 0 Å². The van der Waals surface area contributed by atoms with E-state index in [4.69, 9.17) is 40.0 Å². The lowest BCUT2D eigenvalue weighted by molar-refractivity contribution is -0.138. The van der Waals surface area contributed by atoms with Gasteiger partial charge in [0.25, 0.3) is 25.9 Å². The predicted molar refractivity (Wildman–Crippen MR) is 482 cm³/mol. The molecule has 12 heterocycles. The second-order valence-corrected chi connectivity index (χ2v) is 40.4. The van der Waals surface area contributed by atoms with E-state index < -0.39 is 17.9 Å². The van der Waals surface area contributed by atoms with Crippen molar-refractivity contribution in [1.29, 1.82) is 0 Å². The molecule has 0 atom stereocenters. The maximum Gasteiger partial charge on any atom is 0.303 e. The minimum atomic E-state index is -0.786. The summed E-state index contributed by atoms with van der Waals surface area (Å²) in [5.41, 5.74) is 23.0. The zero-order valence-electron chi connectivity index (χ0n) is 65.5. The normalized spacial score (nSPS) is 10.9. The lowest BCUT2D eigenvalue weighted by Gasteiger charge is -2.04. The Labute approximate surface area is 721 Å². The number of nitrogens with zero attached hydrogens (tertiary/aromatic N) is 4. The van der Waals surface area contributed by atoms with Gasteiger partial charge in [-0.05, 0) is 219 Å².